The Bertz CT molecular complexity index is 437. The molecule has 2 unspecified atom stereocenters. The summed E-state index contributed by atoms with van der Waals surface area (Å²) >= 11 is 0. The van der Waals surface area contributed by atoms with E-state index >= 15 is 0 Å². The van der Waals surface area contributed by atoms with Gasteiger partial charge >= 0.3 is 0 Å². The van der Waals surface area contributed by atoms with Gasteiger partial charge in [0.05, 0.1) is 0 Å². The summed E-state index contributed by atoms with van der Waals surface area (Å²) in [6, 6.07) is 9.82. The number of nitrogens with one attached hydrogen (secondary N) is 1. The summed E-state index contributed by atoms with van der Waals surface area (Å²) in [6.07, 6.45) is 8.09. The van der Waals surface area contributed by atoms with Gasteiger partial charge in [0.1, 0.15) is 0 Å². The second-order valence-corrected chi connectivity index (χ2v) is 6.76. The Labute approximate surface area is 129 Å². The molecule has 0 amide bonds. The summed E-state index contributed by atoms with van der Waals surface area (Å²) in [6.45, 7) is 7.21. The highest BCUT2D eigenvalue weighted by atomic mass is 15.2. The number of hydrogen-bond donors (Lipinski definition) is 1. The Hall–Kier alpha value is -0.860. The molecule has 2 nitrogen and oxygen atoms in total. The molecular formula is C19H30N2. The molecule has 0 radical (unpaired) electrons. The van der Waals surface area contributed by atoms with Gasteiger partial charge < -0.3 is 5.32 Å². The van der Waals surface area contributed by atoms with E-state index in [0.717, 1.165) is 5.92 Å². The number of fused-ring (bicyclic) bond motifs is 1. The fourth-order valence-corrected chi connectivity index (χ4v) is 4.16. The zero-order valence-electron chi connectivity index (χ0n) is 13.5. The first-order valence-electron chi connectivity index (χ1n) is 8.91. The maximum absolute atomic E-state index is 3.57. The van der Waals surface area contributed by atoms with Crippen molar-refractivity contribution in [1.29, 1.82) is 0 Å². The van der Waals surface area contributed by atoms with E-state index in [-0.39, 0.29) is 0 Å². The van der Waals surface area contributed by atoms with E-state index in [9.17, 15) is 0 Å². The lowest BCUT2D eigenvalue weighted by molar-refractivity contribution is 0.153. The first kappa shape index (κ1) is 15.1. The van der Waals surface area contributed by atoms with Crippen LogP contribution in [0.4, 0.5) is 0 Å². The Morgan fingerprint density at radius 2 is 2.05 bits per heavy atom. The van der Waals surface area contributed by atoms with Crippen molar-refractivity contribution < 1.29 is 0 Å². The van der Waals surface area contributed by atoms with Crippen LogP contribution in [0.3, 0.4) is 0 Å². The quantitative estimate of drug-likeness (QED) is 0.848. The Kier molecular flexibility index (Phi) is 5.32. The highest BCUT2D eigenvalue weighted by Crippen LogP contribution is 2.33. The number of nitrogens with zero attached hydrogens (tertiary/aromatic N) is 1. The predicted molar refractivity (Wildman–Crippen MR) is 89.6 cm³/mol. The van der Waals surface area contributed by atoms with Crippen LogP contribution in [0.15, 0.2) is 24.3 Å². The highest BCUT2D eigenvalue weighted by molar-refractivity contribution is 5.31. The number of hydrogen-bond acceptors (Lipinski definition) is 2. The molecule has 21 heavy (non-hydrogen) atoms. The van der Waals surface area contributed by atoms with Gasteiger partial charge in [-0.2, -0.15) is 0 Å². The van der Waals surface area contributed by atoms with Gasteiger partial charge in [0.2, 0.25) is 0 Å². The normalized spacial score (nSPS) is 26.4. The van der Waals surface area contributed by atoms with Crippen LogP contribution in [0.2, 0.25) is 0 Å². The lowest BCUT2D eigenvalue weighted by Gasteiger charge is -2.35. The molecule has 1 aromatic carbocycles. The van der Waals surface area contributed by atoms with Crippen LogP contribution < -0.4 is 5.32 Å². The maximum Gasteiger partial charge on any atom is 0.0350 e. The molecule has 1 fully saturated rings. The van der Waals surface area contributed by atoms with Gasteiger partial charge in [-0.25, -0.2) is 0 Å². The summed E-state index contributed by atoms with van der Waals surface area (Å²) < 4.78 is 0. The maximum atomic E-state index is 3.57. The van der Waals surface area contributed by atoms with E-state index < -0.39 is 0 Å². The van der Waals surface area contributed by atoms with Gasteiger partial charge in [-0.15, -0.1) is 0 Å². The smallest absolute Gasteiger partial charge is 0.0350 e. The van der Waals surface area contributed by atoms with Crippen molar-refractivity contribution in [3.63, 3.8) is 0 Å². The van der Waals surface area contributed by atoms with Crippen LogP contribution >= 0.6 is 0 Å². The van der Waals surface area contributed by atoms with E-state index in [1.54, 1.807) is 11.1 Å². The standard InChI is InChI=1S/C19H30N2/c1-2-21(15-16-8-7-13-20-14-16)19-12-6-4-10-17-9-3-5-11-18(17)19/h3,5,9,11,16,19-20H,2,4,6-8,10,12-15H2,1H3. The predicted octanol–water partition coefficient (Wildman–Crippen LogP) is 3.78. The molecule has 2 heteroatoms. The molecule has 0 saturated carbocycles. The zero-order chi connectivity index (χ0) is 14.5. The van der Waals surface area contributed by atoms with Crippen molar-refractivity contribution in [2.45, 2.75) is 51.5 Å². The fourth-order valence-electron chi connectivity index (χ4n) is 4.16. The minimum atomic E-state index is 0.649. The third-order valence-corrected chi connectivity index (χ3v) is 5.33. The third kappa shape index (κ3) is 3.67. The zero-order valence-corrected chi connectivity index (χ0v) is 13.5. The Morgan fingerprint density at radius 1 is 1.14 bits per heavy atom. The molecule has 116 valence electrons. The van der Waals surface area contributed by atoms with Crippen LogP contribution in [0.1, 0.15) is 56.2 Å². The SMILES string of the molecule is CCN(CC1CCCNC1)C1CCCCc2ccccc21. The van der Waals surface area contributed by atoms with Crippen LogP contribution in [-0.4, -0.2) is 31.1 Å². The van der Waals surface area contributed by atoms with Gasteiger partial charge in [-0.3, -0.25) is 4.90 Å². The molecule has 2 aliphatic rings. The fraction of sp³-hybridized carbons (Fsp3) is 0.684. The van der Waals surface area contributed by atoms with Gasteiger partial charge in [-0.05, 0) is 68.8 Å². The largest absolute Gasteiger partial charge is 0.316 e. The lowest BCUT2D eigenvalue weighted by Crippen LogP contribution is -2.40. The molecule has 3 rings (SSSR count). The molecule has 0 aromatic heterocycles. The molecule has 1 N–H and O–H groups in total. The highest BCUT2D eigenvalue weighted by Gasteiger charge is 2.26. The van der Waals surface area contributed by atoms with Crippen LogP contribution in [0, 0.1) is 5.92 Å². The van der Waals surface area contributed by atoms with E-state index in [1.807, 2.05) is 0 Å². The summed E-state index contributed by atoms with van der Waals surface area (Å²) in [5.41, 5.74) is 3.21. The first-order valence-corrected chi connectivity index (χ1v) is 8.91. The van der Waals surface area contributed by atoms with Crippen LogP contribution in [0.5, 0.6) is 0 Å². The molecular weight excluding hydrogens is 256 g/mol. The van der Waals surface area contributed by atoms with Crippen molar-refractivity contribution in [2.24, 2.45) is 5.92 Å². The van der Waals surface area contributed by atoms with Crippen LogP contribution in [-0.2, 0) is 6.42 Å². The average molecular weight is 286 g/mol. The van der Waals surface area contributed by atoms with Gasteiger partial charge in [0.15, 0.2) is 0 Å². The second kappa shape index (κ2) is 7.42. The van der Waals surface area contributed by atoms with E-state index in [2.05, 4.69) is 41.4 Å². The van der Waals surface area contributed by atoms with Gasteiger partial charge in [0, 0.05) is 12.6 Å². The van der Waals surface area contributed by atoms with Gasteiger partial charge in [0.25, 0.3) is 0 Å². The Morgan fingerprint density at radius 3 is 2.86 bits per heavy atom. The van der Waals surface area contributed by atoms with Crippen molar-refractivity contribution in [2.75, 3.05) is 26.2 Å². The summed E-state index contributed by atoms with van der Waals surface area (Å²) in [5.74, 6) is 0.842. The summed E-state index contributed by atoms with van der Waals surface area (Å²) in [7, 11) is 0. The minimum Gasteiger partial charge on any atom is -0.316 e. The molecule has 1 aliphatic carbocycles. The van der Waals surface area contributed by atoms with Gasteiger partial charge in [-0.1, -0.05) is 37.6 Å². The number of aryl methyl sites for hydroxylation is 1. The monoisotopic (exact) mass is 286 g/mol. The molecule has 0 spiro atoms. The van der Waals surface area contributed by atoms with Crippen molar-refractivity contribution in [3.8, 4) is 0 Å². The topological polar surface area (TPSA) is 15.3 Å². The summed E-state index contributed by atoms with van der Waals surface area (Å²) in [4.78, 5) is 2.75. The molecule has 1 saturated heterocycles. The van der Waals surface area contributed by atoms with E-state index in [4.69, 9.17) is 0 Å². The number of rotatable bonds is 4. The molecule has 1 aromatic rings. The summed E-state index contributed by atoms with van der Waals surface area (Å²) in [5, 5.41) is 3.57. The second-order valence-electron chi connectivity index (χ2n) is 6.76. The Balaban J connectivity index is 1.76. The molecule has 0 bridgehead atoms. The molecule has 2 atom stereocenters. The first-order chi connectivity index (χ1) is 10.4. The van der Waals surface area contributed by atoms with Crippen LogP contribution in [0.25, 0.3) is 0 Å². The minimum absolute atomic E-state index is 0.649. The third-order valence-electron chi connectivity index (χ3n) is 5.33. The molecule has 1 aliphatic heterocycles. The number of piperidine rings is 1. The van der Waals surface area contributed by atoms with E-state index in [0.29, 0.717) is 6.04 Å². The number of benzene rings is 1. The van der Waals surface area contributed by atoms with Crippen molar-refractivity contribution in [3.05, 3.63) is 35.4 Å². The lowest BCUT2D eigenvalue weighted by atomic mass is 9.94. The van der Waals surface area contributed by atoms with Crippen molar-refractivity contribution in [1.82, 2.24) is 10.2 Å². The van der Waals surface area contributed by atoms with E-state index in [1.165, 1.54) is 64.7 Å². The average Bonchev–Trinajstić information content (AvgIpc) is 2.76. The van der Waals surface area contributed by atoms with Crippen molar-refractivity contribution >= 4 is 0 Å². The molecule has 1 heterocycles.